The number of hydrogen-bond donors (Lipinski definition) is 0. The first-order valence-corrected chi connectivity index (χ1v) is 13.9. The lowest BCUT2D eigenvalue weighted by molar-refractivity contribution is 0.0730. The van der Waals surface area contributed by atoms with Crippen LogP contribution in [0.25, 0.3) is 10.2 Å². The molecule has 1 saturated heterocycles. The topological polar surface area (TPSA) is 83.1 Å². The number of nitrogens with zero attached hydrogens (tertiary/aromatic N) is 4. The van der Waals surface area contributed by atoms with Gasteiger partial charge in [-0.15, -0.1) is 12.4 Å². The average molecular weight is 553 g/mol. The Morgan fingerprint density at radius 1 is 1.06 bits per heavy atom. The number of carbonyl (C=O) groups excluding carboxylic acids is 1. The van der Waals surface area contributed by atoms with E-state index in [1.807, 2.05) is 14.1 Å². The Kier molecular flexibility index (Phi) is 9.48. The Hall–Kier alpha value is -2.08. The third-order valence-corrected chi connectivity index (χ3v) is 9.12. The molecule has 4 rings (SSSR count). The van der Waals surface area contributed by atoms with Gasteiger partial charge in [0.2, 0.25) is 10.0 Å². The lowest BCUT2D eigenvalue weighted by Crippen LogP contribution is -2.40. The van der Waals surface area contributed by atoms with Crippen molar-refractivity contribution in [2.45, 2.75) is 25.2 Å². The quantitative estimate of drug-likeness (QED) is 0.421. The molecule has 2 heterocycles. The fraction of sp³-hybridized carbons (Fsp3) is 0.440. The summed E-state index contributed by atoms with van der Waals surface area (Å²) < 4.78 is 33.6. The molecule has 0 saturated carbocycles. The number of rotatable bonds is 8. The highest BCUT2D eigenvalue weighted by atomic mass is 35.5. The zero-order valence-electron chi connectivity index (χ0n) is 21.1. The number of carbonyl (C=O) groups is 1. The summed E-state index contributed by atoms with van der Waals surface area (Å²) in [5, 5.41) is 0.652. The van der Waals surface area contributed by atoms with Crippen molar-refractivity contribution in [3.8, 4) is 0 Å². The number of ether oxygens (including phenoxy) is 1. The summed E-state index contributed by atoms with van der Waals surface area (Å²) in [6.45, 7) is 6.92. The largest absolute Gasteiger partial charge is 0.379 e. The first-order chi connectivity index (χ1) is 16.7. The number of aromatic nitrogens is 1. The molecule has 0 atom stereocenters. The molecule has 36 heavy (non-hydrogen) atoms. The van der Waals surface area contributed by atoms with Crippen LogP contribution in [0, 0.1) is 13.8 Å². The molecule has 1 aliphatic heterocycles. The van der Waals surface area contributed by atoms with Crippen LogP contribution in [-0.2, 0) is 14.8 Å². The number of sulfonamides is 1. The van der Waals surface area contributed by atoms with Crippen molar-refractivity contribution >= 4 is 55.0 Å². The third-order valence-electron chi connectivity index (χ3n) is 6.16. The van der Waals surface area contributed by atoms with Crippen LogP contribution < -0.4 is 4.90 Å². The smallest absolute Gasteiger partial charge is 0.260 e. The van der Waals surface area contributed by atoms with Gasteiger partial charge in [-0.2, -0.15) is 4.31 Å². The molecule has 196 valence electrons. The number of hydrogen-bond acceptors (Lipinski definition) is 7. The van der Waals surface area contributed by atoms with E-state index in [0.717, 1.165) is 28.7 Å². The molecular formula is C25H33ClN4O4S2. The molecule has 1 amide bonds. The summed E-state index contributed by atoms with van der Waals surface area (Å²) in [6, 6.07) is 10.4. The van der Waals surface area contributed by atoms with Gasteiger partial charge in [0, 0.05) is 25.2 Å². The van der Waals surface area contributed by atoms with E-state index in [2.05, 4.69) is 30.9 Å². The van der Waals surface area contributed by atoms with Crippen molar-refractivity contribution in [2.75, 3.05) is 58.4 Å². The molecule has 0 unspecified atom stereocenters. The molecule has 8 nitrogen and oxygen atoms in total. The monoisotopic (exact) mass is 552 g/mol. The Balaban J connectivity index is 0.00000361. The maximum atomic E-state index is 13.6. The average Bonchev–Trinajstić information content (AvgIpc) is 3.24. The van der Waals surface area contributed by atoms with Crippen molar-refractivity contribution in [3.05, 3.63) is 53.1 Å². The standard InChI is InChI=1S/C25H32N4O4S2.ClH/c1-18-16-22-23(17-19(18)2)34-25(26-22)29(11-5-10-27(3)4)24(30)20-6-8-21(9-7-20)35(31,32)28-12-14-33-15-13-28;/h6-9,16-17H,5,10-15H2,1-4H3;1H. The highest BCUT2D eigenvalue weighted by Gasteiger charge is 2.27. The highest BCUT2D eigenvalue weighted by molar-refractivity contribution is 7.89. The number of thiazole rings is 1. The van der Waals surface area contributed by atoms with Gasteiger partial charge >= 0.3 is 0 Å². The van der Waals surface area contributed by atoms with Crippen molar-refractivity contribution in [2.24, 2.45) is 0 Å². The predicted molar refractivity (Wildman–Crippen MR) is 147 cm³/mol. The fourth-order valence-electron chi connectivity index (χ4n) is 3.97. The van der Waals surface area contributed by atoms with Gasteiger partial charge in [-0.05, 0) is 88.4 Å². The van der Waals surface area contributed by atoms with E-state index in [4.69, 9.17) is 9.72 Å². The van der Waals surface area contributed by atoms with Crippen LogP contribution in [0.15, 0.2) is 41.3 Å². The molecule has 0 radical (unpaired) electrons. The van der Waals surface area contributed by atoms with Crippen molar-refractivity contribution in [1.29, 1.82) is 0 Å². The van der Waals surface area contributed by atoms with Crippen LogP contribution >= 0.6 is 23.7 Å². The molecule has 0 bridgehead atoms. The summed E-state index contributed by atoms with van der Waals surface area (Å²) in [6.07, 6.45) is 0.788. The van der Waals surface area contributed by atoms with E-state index in [1.54, 1.807) is 17.0 Å². The van der Waals surface area contributed by atoms with Gasteiger partial charge in [-0.3, -0.25) is 9.69 Å². The second-order valence-corrected chi connectivity index (χ2v) is 12.0. The van der Waals surface area contributed by atoms with Crippen LogP contribution in [-0.4, -0.2) is 82.0 Å². The maximum Gasteiger partial charge on any atom is 0.260 e. The van der Waals surface area contributed by atoms with Gasteiger partial charge in [0.15, 0.2) is 5.13 Å². The van der Waals surface area contributed by atoms with Crippen LogP contribution in [0.5, 0.6) is 0 Å². The Morgan fingerprint density at radius 2 is 1.69 bits per heavy atom. The first-order valence-electron chi connectivity index (χ1n) is 11.7. The molecule has 11 heteroatoms. The summed E-state index contributed by atoms with van der Waals surface area (Å²) in [7, 11) is 0.393. The molecule has 1 fully saturated rings. The second-order valence-electron chi connectivity index (χ2n) is 9.06. The highest BCUT2D eigenvalue weighted by Crippen LogP contribution is 2.32. The van der Waals surface area contributed by atoms with E-state index in [1.165, 1.54) is 33.3 Å². The second kappa shape index (κ2) is 12.0. The van der Waals surface area contributed by atoms with Crippen molar-refractivity contribution in [1.82, 2.24) is 14.2 Å². The van der Waals surface area contributed by atoms with Gasteiger partial charge in [0.25, 0.3) is 5.91 Å². The zero-order valence-corrected chi connectivity index (χ0v) is 23.5. The number of morpholine rings is 1. The number of halogens is 1. The summed E-state index contributed by atoms with van der Waals surface area (Å²) in [5.41, 5.74) is 3.67. The van der Waals surface area contributed by atoms with Crippen LogP contribution in [0.2, 0.25) is 0 Å². The number of amides is 1. The Bertz CT molecular complexity index is 1260. The van der Waals surface area contributed by atoms with E-state index < -0.39 is 10.0 Å². The Labute approximate surface area is 223 Å². The van der Waals surface area contributed by atoms with Gasteiger partial charge < -0.3 is 9.64 Å². The number of benzene rings is 2. The van der Waals surface area contributed by atoms with Crippen molar-refractivity contribution in [3.63, 3.8) is 0 Å². The third kappa shape index (κ3) is 6.24. The van der Waals surface area contributed by atoms with Crippen molar-refractivity contribution < 1.29 is 17.9 Å². The van der Waals surface area contributed by atoms with E-state index in [0.29, 0.717) is 43.5 Å². The maximum absolute atomic E-state index is 13.6. The molecule has 0 spiro atoms. The summed E-state index contributed by atoms with van der Waals surface area (Å²) >= 11 is 1.50. The fourth-order valence-corrected chi connectivity index (χ4v) is 6.45. The summed E-state index contributed by atoms with van der Waals surface area (Å²) in [4.78, 5) is 22.3. The van der Waals surface area contributed by atoms with Gasteiger partial charge in [0.1, 0.15) is 0 Å². The minimum absolute atomic E-state index is 0. The number of anilines is 1. The molecule has 3 aromatic rings. The van der Waals surface area contributed by atoms with Gasteiger partial charge in [-0.25, -0.2) is 13.4 Å². The zero-order chi connectivity index (χ0) is 25.2. The number of aryl methyl sites for hydroxylation is 2. The predicted octanol–water partition coefficient (Wildman–Crippen LogP) is 3.95. The molecule has 2 aromatic carbocycles. The molecule has 1 aliphatic rings. The minimum Gasteiger partial charge on any atom is -0.379 e. The summed E-state index contributed by atoms with van der Waals surface area (Å²) in [5.74, 6) is -0.188. The molecule has 0 N–H and O–H groups in total. The molecule has 0 aliphatic carbocycles. The normalized spacial score (nSPS) is 14.7. The van der Waals surface area contributed by atoms with Crippen LogP contribution in [0.3, 0.4) is 0 Å². The van der Waals surface area contributed by atoms with E-state index in [9.17, 15) is 13.2 Å². The minimum atomic E-state index is -3.61. The first kappa shape index (κ1) is 28.5. The molecular weight excluding hydrogens is 520 g/mol. The van der Waals surface area contributed by atoms with E-state index >= 15 is 0 Å². The van der Waals surface area contributed by atoms with Crippen LogP contribution in [0.1, 0.15) is 27.9 Å². The number of fused-ring (bicyclic) bond motifs is 1. The Morgan fingerprint density at radius 3 is 2.33 bits per heavy atom. The lowest BCUT2D eigenvalue weighted by Gasteiger charge is -2.26. The molecule has 1 aromatic heterocycles. The van der Waals surface area contributed by atoms with Gasteiger partial charge in [0.05, 0.1) is 28.3 Å². The lowest BCUT2D eigenvalue weighted by atomic mass is 10.1. The van der Waals surface area contributed by atoms with E-state index in [-0.39, 0.29) is 23.2 Å². The van der Waals surface area contributed by atoms with Crippen LogP contribution in [0.4, 0.5) is 5.13 Å². The van der Waals surface area contributed by atoms with Gasteiger partial charge in [-0.1, -0.05) is 11.3 Å². The SMILES string of the molecule is Cc1cc2nc(N(CCCN(C)C)C(=O)c3ccc(S(=O)(=O)N4CCOCC4)cc3)sc2cc1C.Cl.